The van der Waals surface area contributed by atoms with E-state index in [1.165, 1.54) is 0 Å². The molecule has 0 aliphatic carbocycles. The fourth-order valence-corrected chi connectivity index (χ4v) is 1.93. The van der Waals surface area contributed by atoms with Gasteiger partial charge >= 0.3 is 0 Å². The number of benzene rings is 1. The van der Waals surface area contributed by atoms with E-state index >= 15 is 0 Å². The number of nitriles is 1. The van der Waals surface area contributed by atoms with Crippen LogP contribution in [-0.4, -0.2) is 26.8 Å². The Morgan fingerprint density at radius 2 is 1.94 bits per heavy atom. The van der Waals surface area contributed by atoms with E-state index in [0.29, 0.717) is 19.6 Å². The van der Waals surface area contributed by atoms with Crippen LogP contribution in [0.25, 0.3) is 0 Å². The molecule has 1 aromatic rings. The van der Waals surface area contributed by atoms with E-state index in [9.17, 15) is 0 Å². The fraction of sp³-hybridized carbons (Fsp3) is 0.462. The van der Waals surface area contributed by atoms with Crippen LogP contribution < -0.4 is 14.4 Å². The Bertz CT molecular complexity index is 451. The fourth-order valence-electron chi connectivity index (χ4n) is 1.93. The Kier molecular flexibility index (Phi) is 3.38. The first-order valence-electron chi connectivity index (χ1n) is 5.70. The van der Waals surface area contributed by atoms with Gasteiger partial charge < -0.3 is 14.4 Å². The quantitative estimate of drug-likeness (QED) is 0.800. The Balaban J connectivity index is 2.25. The highest BCUT2D eigenvalue weighted by Crippen LogP contribution is 2.36. The Morgan fingerprint density at radius 3 is 2.59 bits per heavy atom. The lowest BCUT2D eigenvalue weighted by atomic mass is 10.1. The molecule has 1 aromatic carbocycles. The molecule has 0 spiro atoms. The molecule has 17 heavy (non-hydrogen) atoms. The zero-order chi connectivity index (χ0) is 12.3. The first-order valence-corrected chi connectivity index (χ1v) is 5.70. The molecule has 90 valence electrons. The second-order valence-electron chi connectivity index (χ2n) is 4.11. The predicted octanol–water partition coefficient (Wildman–Crippen LogP) is 2.12. The van der Waals surface area contributed by atoms with Gasteiger partial charge in [-0.05, 0) is 18.6 Å². The summed E-state index contributed by atoms with van der Waals surface area (Å²) in [5.74, 6) is 1.60. The van der Waals surface area contributed by atoms with Gasteiger partial charge in [0.05, 0.1) is 12.5 Å². The van der Waals surface area contributed by atoms with Crippen molar-refractivity contribution in [2.45, 2.75) is 13.3 Å². The topological polar surface area (TPSA) is 45.5 Å². The summed E-state index contributed by atoms with van der Waals surface area (Å²) in [6.07, 6.45) is 0.518. The average molecular weight is 232 g/mol. The highest BCUT2D eigenvalue weighted by atomic mass is 16.6. The van der Waals surface area contributed by atoms with Gasteiger partial charge in [-0.3, -0.25) is 0 Å². The molecule has 0 unspecified atom stereocenters. The number of anilines is 1. The van der Waals surface area contributed by atoms with Crippen LogP contribution in [0.2, 0.25) is 0 Å². The lowest BCUT2D eigenvalue weighted by Gasteiger charge is -2.24. The van der Waals surface area contributed by atoms with E-state index in [1.807, 2.05) is 26.1 Å². The van der Waals surface area contributed by atoms with E-state index < -0.39 is 0 Å². The summed E-state index contributed by atoms with van der Waals surface area (Å²) in [6.45, 7) is 3.96. The van der Waals surface area contributed by atoms with Crippen LogP contribution in [0.1, 0.15) is 12.0 Å². The zero-order valence-corrected chi connectivity index (χ0v) is 10.2. The largest absolute Gasteiger partial charge is 0.486 e. The van der Waals surface area contributed by atoms with Crippen LogP contribution in [0, 0.1) is 18.3 Å². The second-order valence-corrected chi connectivity index (χ2v) is 4.11. The van der Waals surface area contributed by atoms with Crippen molar-refractivity contribution in [3.8, 4) is 17.6 Å². The van der Waals surface area contributed by atoms with Crippen molar-refractivity contribution < 1.29 is 9.47 Å². The van der Waals surface area contributed by atoms with Gasteiger partial charge in [0.2, 0.25) is 0 Å². The van der Waals surface area contributed by atoms with E-state index in [1.54, 1.807) is 0 Å². The molecule has 0 N–H and O–H groups in total. The maximum absolute atomic E-state index is 8.60. The molecule has 0 aromatic heterocycles. The minimum Gasteiger partial charge on any atom is -0.486 e. The number of aryl methyl sites for hydroxylation is 1. The van der Waals surface area contributed by atoms with Gasteiger partial charge in [0.15, 0.2) is 11.5 Å². The number of nitrogens with zero attached hydrogens (tertiary/aromatic N) is 2. The summed E-state index contributed by atoms with van der Waals surface area (Å²) in [5, 5.41) is 8.60. The van der Waals surface area contributed by atoms with E-state index in [0.717, 1.165) is 29.3 Å². The number of rotatable bonds is 3. The molecule has 1 heterocycles. The summed E-state index contributed by atoms with van der Waals surface area (Å²) in [4.78, 5) is 2.07. The lowest BCUT2D eigenvalue weighted by Crippen LogP contribution is -2.21. The van der Waals surface area contributed by atoms with Crippen LogP contribution in [-0.2, 0) is 0 Å². The number of hydrogen-bond donors (Lipinski definition) is 0. The van der Waals surface area contributed by atoms with Crippen molar-refractivity contribution in [3.63, 3.8) is 0 Å². The zero-order valence-electron chi connectivity index (χ0n) is 10.2. The number of ether oxygens (including phenoxy) is 2. The lowest BCUT2D eigenvalue weighted by molar-refractivity contribution is 0.171. The molecule has 1 aliphatic heterocycles. The molecule has 0 atom stereocenters. The molecule has 0 radical (unpaired) electrons. The first-order chi connectivity index (χ1) is 8.22. The normalized spacial score (nSPS) is 13.0. The summed E-state index contributed by atoms with van der Waals surface area (Å²) < 4.78 is 11.1. The standard InChI is InChI=1S/C13H16N2O2/c1-10-8-12-13(17-7-6-16-12)9-11(10)15(2)5-3-4-14/h8-9H,3,5-7H2,1-2H3. The molecule has 0 saturated heterocycles. The smallest absolute Gasteiger partial charge is 0.163 e. The molecule has 0 fully saturated rings. The van der Waals surface area contributed by atoms with Crippen LogP contribution in [0.3, 0.4) is 0 Å². The van der Waals surface area contributed by atoms with Crippen molar-refractivity contribution in [2.75, 3.05) is 31.7 Å². The summed E-state index contributed by atoms with van der Waals surface area (Å²) in [7, 11) is 1.98. The SMILES string of the molecule is Cc1cc2c(cc1N(C)CCC#N)OCCO2. The number of fused-ring (bicyclic) bond motifs is 1. The van der Waals surface area contributed by atoms with Crippen molar-refractivity contribution in [1.29, 1.82) is 5.26 Å². The number of hydrogen-bond acceptors (Lipinski definition) is 4. The van der Waals surface area contributed by atoms with Gasteiger partial charge in [-0.15, -0.1) is 0 Å². The summed E-state index contributed by atoms with van der Waals surface area (Å²) >= 11 is 0. The minimum atomic E-state index is 0.518. The van der Waals surface area contributed by atoms with Crippen LogP contribution >= 0.6 is 0 Å². The van der Waals surface area contributed by atoms with Crippen LogP contribution in [0.15, 0.2) is 12.1 Å². The highest BCUT2D eigenvalue weighted by Gasteiger charge is 2.15. The van der Waals surface area contributed by atoms with Crippen molar-refractivity contribution in [3.05, 3.63) is 17.7 Å². The summed E-state index contributed by atoms with van der Waals surface area (Å²) in [6, 6.07) is 6.13. The van der Waals surface area contributed by atoms with E-state index in [2.05, 4.69) is 11.0 Å². The monoisotopic (exact) mass is 232 g/mol. The molecular formula is C13H16N2O2. The van der Waals surface area contributed by atoms with Gasteiger partial charge in [-0.25, -0.2) is 0 Å². The van der Waals surface area contributed by atoms with Crippen molar-refractivity contribution in [2.24, 2.45) is 0 Å². The third-order valence-corrected chi connectivity index (χ3v) is 2.83. The third kappa shape index (κ3) is 2.44. The van der Waals surface area contributed by atoms with Crippen LogP contribution in [0.5, 0.6) is 11.5 Å². The van der Waals surface area contributed by atoms with Crippen molar-refractivity contribution >= 4 is 5.69 Å². The summed E-state index contributed by atoms with van der Waals surface area (Å²) in [5.41, 5.74) is 2.22. The van der Waals surface area contributed by atoms with Gasteiger partial charge in [-0.2, -0.15) is 5.26 Å². The van der Waals surface area contributed by atoms with E-state index in [4.69, 9.17) is 14.7 Å². The molecule has 0 bridgehead atoms. The third-order valence-electron chi connectivity index (χ3n) is 2.83. The molecule has 2 rings (SSSR count). The average Bonchev–Trinajstić information content (AvgIpc) is 2.35. The van der Waals surface area contributed by atoms with Gasteiger partial charge in [0.1, 0.15) is 13.2 Å². The van der Waals surface area contributed by atoms with Gasteiger partial charge in [0.25, 0.3) is 0 Å². The van der Waals surface area contributed by atoms with Gasteiger partial charge in [0, 0.05) is 25.3 Å². The van der Waals surface area contributed by atoms with Gasteiger partial charge in [-0.1, -0.05) is 0 Å². The first kappa shape index (κ1) is 11.6. The molecule has 4 nitrogen and oxygen atoms in total. The molecule has 0 saturated carbocycles. The Hall–Kier alpha value is -1.89. The Morgan fingerprint density at radius 1 is 1.29 bits per heavy atom. The van der Waals surface area contributed by atoms with E-state index in [-0.39, 0.29) is 0 Å². The van der Waals surface area contributed by atoms with Crippen molar-refractivity contribution in [1.82, 2.24) is 0 Å². The molecule has 1 aliphatic rings. The predicted molar refractivity (Wildman–Crippen MR) is 65.7 cm³/mol. The molecule has 4 heteroatoms. The molecular weight excluding hydrogens is 216 g/mol. The highest BCUT2D eigenvalue weighted by molar-refractivity contribution is 5.61. The second kappa shape index (κ2) is 4.96. The molecule has 0 amide bonds. The minimum absolute atomic E-state index is 0.518. The maximum atomic E-state index is 8.60. The van der Waals surface area contributed by atoms with Crippen LogP contribution in [0.4, 0.5) is 5.69 Å². The maximum Gasteiger partial charge on any atom is 0.163 e. The Labute approximate surface area is 101 Å².